The molecule has 6 heteroatoms. The van der Waals surface area contributed by atoms with E-state index in [-0.39, 0.29) is 11.6 Å². The molecule has 1 N–H and O–H groups in total. The van der Waals surface area contributed by atoms with Gasteiger partial charge in [0.05, 0.1) is 32.1 Å². The normalized spacial score (nSPS) is 11.4. The number of unbranched alkanes of at least 4 members (excludes halogenated alkanes) is 9. The molecule has 170 valence electrons. The summed E-state index contributed by atoms with van der Waals surface area (Å²) in [6, 6.07) is 5.72. The van der Waals surface area contributed by atoms with Gasteiger partial charge in [0.25, 0.3) is 11.6 Å². The van der Waals surface area contributed by atoms with E-state index < -0.39 is 4.92 Å². The van der Waals surface area contributed by atoms with E-state index >= 15 is 0 Å². The SMILES string of the molecule is CCCCCCCCCCCC[N+](C)(C)CCCNC(=O)c1ccc([N+](=O)[O-])cc1. The molecule has 0 radical (unpaired) electrons. The van der Waals surface area contributed by atoms with Crippen LogP contribution in [0.5, 0.6) is 0 Å². The maximum absolute atomic E-state index is 12.1. The van der Waals surface area contributed by atoms with E-state index in [2.05, 4.69) is 26.3 Å². The van der Waals surface area contributed by atoms with Crippen LogP contribution in [0.3, 0.4) is 0 Å². The Morgan fingerprint density at radius 3 is 1.90 bits per heavy atom. The van der Waals surface area contributed by atoms with E-state index in [1.165, 1.54) is 95.0 Å². The second kappa shape index (κ2) is 14.9. The zero-order valence-corrected chi connectivity index (χ0v) is 19.3. The lowest BCUT2D eigenvalue weighted by Gasteiger charge is -2.30. The fourth-order valence-corrected chi connectivity index (χ4v) is 3.68. The van der Waals surface area contributed by atoms with Gasteiger partial charge in [-0.1, -0.05) is 58.3 Å². The summed E-state index contributed by atoms with van der Waals surface area (Å²) in [6.45, 7) is 5.08. The summed E-state index contributed by atoms with van der Waals surface area (Å²) in [6.07, 6.45) is 14.5. The largest absolute Gasteiger partial charge is 0.352 e. The average molecular weight is 421 g/mol. The first-order chi connectivity index (χ1) is 14.4. The van der Waals surface area contributed by atoms with Crippen LogP contribution < -0.4 is 5.32 Å². The molecule has 0 bridgehead atoms. The number of carbonyl (C=O) groups excluding carboxylic acids is 1. The third kappa shape index (κ3) is 11.9. The van der Waals surface area contributed by atoms with Gasteiger partial charge < -0.3 is 9.80 Å². The van der Waals surface area contributed by atoms with E-state index in [0.717, 1.165) is 17.4 Å². The monoisotopic (exact) mass is 420 g/mol. The minimum Gasteiger partial charge on any atom is -0.352 e. The quantitative estimate of drug-likeness (QED) is 0.152. The van der Waals surface area contributed by atoms with E-state index in [1.54, 1.807) is 0 Å². The predicted octanol–water partition coefficient (Wildman–Crippen LogP) is 5.71. The number of benzene rings is 1. The fourth-order valence-electron chi connectivity index (χ4n) is 3.68. The number of nitro benzene ring substituents is 1. The highest BCUT2D eigenvalue weighted by atomic mass is 16.6. The van der Waals surface area contributed by atoms with Crippen LogP contribution in [0.1, 0.15) is 87.9 Å². The van der Waals surface area contributed by atoms with Crippen LogP contribution in [-0.4, -0.2) is 49.0 Å². The first-order valence-corrected chi connectivity index (χ1v) is 11.7. The van der Waals surface area contributed by atoms with Crippen molar-refractivity contribution in [2.75, 3.05) is 33.7 Å². The van der Waals surface area contributed by atoms with E-state index in [4.69, 9.17) is 0 Å². The molecule has 1 aromatic carbocycles. The van der Waals surface area contributed by atoms with Gasteiger partial charge in [0.2, 0.25) is 0 Å². The van der Waals surface area contributed by atoms with Crippen molar-refractivity contribution in [2.24, 2.45) is 0 Å². The first-order valence-electron chi connectivity index (χ1n) is 11.7. The Hall–Kier alpha value is -1.95. The minimum atomic E-state index is -0.462. The molecule has 1 aromatic rings. The summed E-state index contributed by atoms with van der Waals surface area (Å²) in [5.74, 6) is -0.176. The molecule has 0 unspecified atom stereocenters. The highest BCUT2D eigenvalue weighted by molar-refractivity contribution is 5.94. The van der Waals surface area contributed by atoms with Crippen molar-refractivity contribution in [1.29, 1.82) is 0 Å². The van der Waals surface area contributed by atoms with Gasteiger partial charge in [-0.15, -0.1) is 0 Å². The zero-order valence-electron chi connectivity index (χ0n) is 19.3. The molecule has 0 atom stereocenters. The number of hydrogen-bond donors (Lipinski definition) is 1. The first kappa shape index (κ1) is 26.1. The van der Waals surface area contributed by atoms with Crippen molar-refractivity contribution in [3.8, 4) is 0 Å². The lowest BCUT2D eigenvalue weighted by Crippen LogP contribution is -2.42. The van der Waals surface area contributed by atoms with Crippen molar-refractivity contribution in [2.45, 2.75) is 77.6 Å². The average Bonchev–Trinajstić information content (AvgIpc) is 2.72. The van der Waals surface area contributed by atoms with E-state index in [9.17, 15) is 14.9 Å². The number of hydrogen-bond acceptors (Lipinski definition) is 3. The van der Waals surface area contributed by atoms with Gasteiger partial charge in [0.1, 0.15) is 0 Å². The molecule has 0 saturated carbocycles. The Labute approximate surface area is 182 Å². The van der Waals surface area contributed by atoms with E-state index in [0.29, 0.717) is 12.1 Å². The van der Waals surface area contributed by atoms with Crippen LogP contribution in [0.15, 0.2) is 24.3 Å². The standard InChI is InChI=1S/C24H41N3O3/c1-4-5-6-7-8-9-10-11-12-13-20-27(2,3)21-14-19-25-24(28)22-15-17-23(18-16-22)26(29)30/h15-18H,4-14,19-21H2,1-3H3/p+1. The van der Waals surface area contributed by atoms with Gasteiger partial charge in [-0.05, 0) is 25.0 Å². The van der Waals surface area contributed by atoms with Crippen LogP contribution in [0.25, 0.3) is 0 Å². The van der Waals surface area contributed by atoms with Crippen LogP contribution in [0.4, 0.5) is 5.69 Å². The third-order valence-corrected chi connectivity index (χ3v) is 5.68. The van der Waals surface area contributed by atoms with Crippen LogP contribution >= 0.6 is 0 Å². The van der Waals surface area contributed by atoms with Gasteiger partial charge >= 0.3 is 0 Å². The number of nitrogens with one attached hydrogen (secondary N) is 1. The van der Waals surface area contributed by atoms with Gasteiger partial charge in [-0.2, -0.15) is 0 Å². The number of carbonyl (C=O) groups is 1. The zero-order chi connectivity index (χ0) is 22.2. The van der Waals surface area contributed by atoms with Crippen molar-refractivity contribution in [1.82, 2.24) is 5.32 Å². The molecule has 0 fully saturated rings. The number of nitro groups is 1. The molecular weight excluding hydrogens is 378 g/mol. The molecule has 0 aliphatic carbocycles. The Kier molecular flexibility index (Phi) is 13.0. The second-order valence-corrected chi connectivity index (χ2v) is 8.98. The number of amides is 1. The molecule has 6 nitrogen and oxygen atoms in total. The minimum absolute atomic E-state index is 0.00225. The summed E-state index contributed by atoms with van der Waals surface area (Å²) in [4.78, 5) is 22.3. The maximum atomic E-state index is 12.1. The Balaban J connectivity index is 2.08. The van der Waals surface area contributed by atoms with Crippen LogP contribution in [-0.2, 0) is 0 Å². The Morgan fingerprint density at radius 2 is 1.37 bits per heavy atom. The van der Waals surface area contributed by atoms with Gasteiger partial charge in [0, 0.05) is 30.7 Å². The fraction of sp³-hybridized carbons (Fsp3) is 0.708. The molecule has 30 heavy (non-hydrogen) atoms. The van der Waals surface area contributed by atoms with Crippen LogP contribution in [0, 0.1) is 10.1 Å². The molecule has 0 aromatic heterocycles. The summed E-state index contributed by atoms with van der Waals surface area (Å²) in [7, 11) is 4.51. The summed E-state index contributed by atoms with van der Waals surface area (Å²) in [5, 5.41) is 13.6. The lowest BCUT2D eigenvalue weighted by atomic mass is 10.1. The second-order valence-electron chi connectivity index (χ2n) is 8.98. The molecule has 0 saturated heterocycles. The number of rotatable bonds is 17. The lowest BCUT2D eigenvalue weighted by molar-refractivity contribution is -0.890. The van der Waals surface area contributed by atoms with Crippen LogP contribution in [0.2, 0.25) is 0 Å². The van der Waals surface area contributed by atoms with Crippen molar-refractivity contribution < 1.29 is 14.2 Å². The summed E-state index contributed by atoms with van der Waals surface area (Å²) >= 11 is 0. The van der Waals surface area contributed by atoms with Gasteiger partial charge in [-0.25, -0.2) is 0 Å². The Bertz CT molecular complexity index is 615. The topological polar surface area (TPSA) is 72.2 Å². The van der Waals surface area contributed by atoms with Gasteiger partial charge in [-0.3, -0.25) is 14.9 Å². The predicted molar refractivity (Wildman–Crippen MR) is 124 cm³/mol. The van der Waals surface area contributed by atoms with E-state index in [1.807, 2.05) is 0 Å². The number of non-ortho nitro benzene ring substituents is 1. The van der Waals surface area contributed by atoms with Crippen molar-refractivity contribution >= 4 is 11.6 Å². The summed E-state index contributed by atoms with van der Waals surface area (Å²) in [5.41, 5.74) is 0.456. The summed E-state index contributed by atoms with van der Waals surface area (Å²) < 4.78 is 0.977. The molecule has 0 heterocycles. The third-order valence-electron chi connectivity index (χ3n) is 5.68. The molecule has 0 aliphatic heterocycles. The molecule has 0 spiro atoms. The smallest absolute Gasteiger partial charge is 0.269 e. The maximum Gasteiger partial charge on any atom is 0.269 e. The number of quaternary nitrogens is 1. The number of nitrogens with zero attached hydrogens (tertiary/aromatic N) is 2. The molecular formula is C24H42N3O3+. The Morgan fingerprint density at radius 1 is 0.867 bits per heavy atom. The highest BCUT2D eigenvalue weighted by Crippen LogP contribution is 2.13. The highest BCUT2D eigenvalue weighted by Gasteiger charge is 2.14. The van der Waals surface area contributed by atoms with Crippen molar-refractivity contribution in [3.63, 3.8) is 0 Å². The molecule has 0 aliphatic rings. The van der Waals surface area contributed by atoms with Gasteiger partial charge in [0.15, 0.2) is 0 Å². The molecule has 1 rings (SSSR count). The molecule has 1 amide bonds. The van der Waals surface area contributed by atoms with Crippen molar-refractivity contribution in [3.05, 3.63) is 39.9 Å².